The van der Waals surface area contributed by atoms with Gasteiger partial charge < -0.3 is 15.3 Å². The van der Waals surface area contributed by atoms with E-state index in [0.717, 1.165) is 28.4 Å². The van der Waals surface area contributed by atoms with Crippen molar-refractivity contribution < 1.29 is 9.90 Å². The van der Waals surface area contributed by atoms with E-state index >= 15 is 0 Å². The fourth-order valence-electron chi connectivity index (χ4n) is 1.88. The summed E-state index contributed by atoms with van der Waals surface area (Å²) in [6, 6.07) is 6.13. The van der Waals surface area contributed by atoms with Gasteiger partial charge in [0.2, 0.25) is 5.01 Å². The van der Waals surface area contributed by atoms with E-state index in [1.807, 2.05) is 20.2 Å². The zero-order valence-corrected chi connectivity index (χ0v) is 12.5. The van der Waals surface area contributed by atoms with Gasteiger partial charge in [-0.1, -0.05) is 6.07 Å². The number of benzene rings is 1. The predicted octanol–water partition coefficient (Wildman–Crippen LogP) is 2.83. The Balaban J connectivity index is 2.06. The zero-order chi connectivity index (χ0) is 14.7. The molecule has 0 spiro atoms. The number of hydrogen-bond acceptors (Lipinski definition) is 5. The monoisotopic (exact) mass is 291 g/mol. The number of rotatable bonds is 5. The second-order valence-electron chi connectivity index (χ2n) is 4.70. The Kier molecular flexibility index (Phi) is 4.24. The fourth-order valence-corrected chi connectivity index (χ4v) is 2.53. The Morgan fingerprint density at radius 1 is 1.45 bits per heavy atom. The van der Waals surface area contributed by atoms with Gasteiger partial charge in [-0.25, -0.2) is 9.78 Å². The first-order chi connectivity index (χ1) is 9.47. The molecule has 2 N–H and O–H groups in total. The highest BCUT2D eigenvalue weighted by atomic mass is 32.1. The molecule has 0 aliphatic heterocycles. The quantitative estimate of drug-likeness (QED) is 0.886. The molecule has 0 amide bonds. The van der Waals surface area contributed by atoms with Gasteiger partial charge in [0.25, 0.3) is 0 Å². The number of hydrogen-bond donors (Lipinski definition) is 2. The Bertz CT molecular complexity index is 623. The third-order valence-corrected chi connectivity index (χ3v) is 3.78. The molecule has 0 atom stereocenters. The molecular weight excluding hydrogens is 274 g/mol. The number of nitrogens with one attached hydrogen (secondary N) is 1. The van der Waals surface area contributed by atoms with Crippen LogP contribution in [0.5, 0.6) is 0 Å². The molecule has 0 saturated carbocycles. The van der Waals surface area contributed by atoms with E-state index in [9.17, 15) is 4.79 Å². The lowest BCUT2D eigenvalue weighted by molar-refractivity contribution is 0.0696. The van der Waals surface area contributed by atoms with Crippen LogP contribution in [0.3, 0.4) is 0 Å². The van der Waals surface area contributed by atoms with Gasteiger partial charge in [-0.15, -0.1) is 11.3 Å². The van der Waals surface area contributed by atoms with Gasteiger partial charge in [0, 0.05) is 30.9 Å². The topological polar surface area (TPSA) is 65.5 Å². The van der Waals surface area contributed by atoms with Crippen molar-refractivity contribution in [2.24, 2.45) is 0 Å². The lowest BCUT2D eigenvalue weighted by atomic mass is 10.1. The lowest BCUT2D eigenvalue weighted by Gasteiger charge is -2.17. The first-order valence-electron chi connectivity index (χ1n) is 6.17. The lowest BCUT2D eigenvalue weighted by Crippen LogP contribution is -2.11. The summed E-state index contributed by atoms with van der Waals surface area (Å²) >= 11 is 1.14. The number of carboxylic acid groups (broad SMARTS) is 1. The van der Waals surface area contributed by atoms with Crippen LogP contribution < -0.4 is 10.2 Å². The Morgan fingerprint density at radius 2 is 2.20 bits per heavy atom. The maximum atomic E-state index is 10.8. The molecule has 0 aliphatic carbocycles. The van der Waals surface area contributed by atoms with Crippen LogP contribution in [0.15, 0.2) is 23.6 Å². The summed E-state index contributed by atoms with van der Waals surface area (Å²) in [5.41, 5.74) is 4.09. The van der Waals surface area contributed by atoms with Crippen molar-refractivity contribution in [3.63, 3.8) is 0 Å². The third-order valence-electron chi connectivity index (χ3n) is 2.90. The first kappa shape index (κ1) is 14.3. The largest absolute Gasteiger partial charge is 0.476 e. The molecule has 1 heterocycles. The Morgan fingerprint density at radius 3 is 2.80 bits per heavy atom. The summed E-state index contributed by atoms with van der Waals surface area (Å²) in [6.45, 7) is 2.58. The molecule has 0 aliphatic rings. The molecule has 6 heteroatoms. The van der Waals surface area contributed by atoms with Crippen LogP contribution in [0.25, 0.3) is 0 Å². The summed E-state index contributed by atoms with van der Waals surface area (Å²) < 4.78 is 0. The van der Waals surface area contributed by atoms with E-state index in [1.54, 1.807) is 5.38 Å². The van der Waals surface area contributed by atoms with Gasteiger partial charge >= 0.3 is 5.97 Å². The minimum atomic E-state index is -0.980. The van der Waals surface area contributed by atoms with Gasteiger partial charge in [0.1, 0.15) is 0 Å². The third kappa shape index (κ3) is 3.27. The molecule has 0 unspecified atom stereocenters. The number of thiazole rings is 1. The van der Waals surface area contributed by atoms with Crippen molar-refractivity contribution in [2.75, 3.05) is 24.3 Å². The van der Waals surface area contributed by atoms with Gasteiger partial charge in [0.15, 0.2) is 0 Å². The molecule has 20 heavy (non-hydrogen) atoms. The maximum Gasteiger partial charge on any atom is 0.365 e. The molecule has 1 aromatic carbocycles. The van der Waals surface area contributed by atoms with Crippen LogP contribution in [0, 0.1) is 6.92 Å². The highest BCUT2D eigenvalue weighted by Crippen LogP contribution is 2.23. The van der Waals surface area contributed by atoms with Crippen molar-refractivity contribution >= 4 is 28.7 Å². The van der Waals surface area contributed by atoms with E-state index < -0.39 is 5.97 Å². The Labute approximate surface area is 121 Å². The summed E-state index contributed by atoms with van der Waals surface area (Å²) in [5, 5.41) is 14.0. The summed E-state index contributed by atoms with van der Waals surface area (Å²) in [5.74, 6) is -0.980. The highest BCUT2D eigenvalue weighted by molar-refractivity contribution is 7.11. The summed E-state index contributed by atoms with van der Waals surface area (Å²) in [4.78, 5) is 16.9. The predicted molar refractivity (Wildman–Crippen MR) is 81.9 cm³/mol. The van der Waals surface area contributed by atoms with Crippen molar-refractivity contribution in [1.82, 2.24) is 4.98 Å². The molecule has 106 valence electrons. The van der Waals surface area contributed by atoms with Crippen LogP contribution in [0.4, 0.5) is 11.4 Å². The number of aromatic nitrogens is 1. The molecular formula is C14H17N3O2S. The average molecular weight is 291 g/mol. The molecule has 0 saturated heterocycles. The summed E-state index contributed by atoms with van der Waals surface area (Å²) in [6.07, 6.45) is 0. The smallest absolute Gasteiger partial charge is 0.365 e. The SMILES string of the molecule is Cc1ccc(NCc2csc(C(=O)O)n2)cc1N(C)C. The zero-order valence-electron chi connectivity index (χ0n) is 11.7. The standard InChI is InChI=1S/C14H17N3O2S/c1-9-4-5-10(6-12(9)17(2)3)15-7-11-8-20-13(16-11)14(18)19/h4-6,8,15H,7H2,1-3H3,(H,18,19). The van der Waals surface area contributed by atoms with Crippen LogP contribution in [-0.4, -0.2) is 30.2 Å². The Hall–Kier alpha value is -2.08. The number of nitrogens with zero attached hydrogens (tertiary/aromatic N) is 2. The van der Waals surface area contributed by atoms with Gasteiger partial charge in [0.05, 0.1) is 12.2 Å². The van der Waals surface area contributed by atoms with E-state index in [0.29, 0.717) is 6.54 Å². The molecule has 2 rings (SSSR count). The van der Waals surface area contributed by atoms with E-state index in [2.05, 4.69) is 34.3 Å². The minimum absolute atomic E-state index is 0.125. The number of carbonyl (C=O) groups is 1. The summed E-state index contributed by atoms with van der Waals surface area (Å²) in [7, 11) is 4.01. The first-order valence-corrected chi connectivity index (χ1v) is 7.05. The van der Waals surface area contributed by atoms with Gasteiger partial charge in [-0.2, -0.15) is 0 Å². The number of aromatic carboxylic acids is 1. The van der Waals surface area contributed by atoms with E-state index in [1.165, 1.54) is 5.56 Å². The van der Waals surface area contributed by atoms with Gasteiger partial charge in [-0.05, 0) is 24.6 Å². The van der Waals surface area contributed by atoms with Crippen molar-refractivity contribution in [2.45, 2.75) is 13.5 Å². The number of anilines is 2. The maximum absolute atomic E-state index is 10.8. The normalized spacial score (nSPS) is 10.3. The van der Waals surface area contributed by atoms with Crippen molar-refractivity contribution in [3.8, 4) is 0 Å². The van der Waals surface area contributed by atoms with Gasteiger partial charge in [-0.3, -0.25) is 0 Å². The van der Waals surface area contributed by atoms with Crippen LogP contribution >= 0.6 is 11.3 Å². The second-order valence-corrected chi connectivity index (χ2v) is 5.56. The number of aryl methyl sites for hydroxylation is 1. The average Bonchev–Trinajstić information content (AvgIpc) is 2.86. The molecule has 2 aromatic rings. The highest BCUT2D eigenvalue weighted by Gasteiger charge is 2.09. The minimum Gasteiger partial charge on any atom is -0.476 e. The molecule has 0 fully saturated rings. The van der Waals surface area contributed by atoms with Crippen molar-refractivity contribution in [1.29, 1.82) is 0 Å². The molecule has 1 aromatic heterocycles. The fraction of sp³-hybridized carbons (Fsp3) is 0.286. The van der Waals surface area contributed by atoms with E-state index in [4.69, 9.17) is 5.11 Å². The number of carboxylic acids is 1. The van der Waals surface area contributed by atoms with Crippen LogP contribution in [0.2, 0.25) is 0 Å². The molecule has 5 nitrogen and oxygen atoms in total. The second kappa shape index (κ2) is 5.92. The van der Waals surface area contributed by atoms with Crippen molar-refractivity contribution in [3.05, 3.63) is 39.8 Å². The molecule has 0 bridgehead atoms. The molecule has 0 radical (unpaired) electrons. The van der Waals surface area contributed by atoms with E-state index in [-0.39, 0.29) is 5.01 Å². The van der Waals surface area contributed by atoms with Crippen LogP contribution in [0.1, 0.15) is 21.1 Å². The van der Waals surface area contributed by atoms with Crippen LogP contribution in [-0.2, 0) is 6.54 Å².